The second kappa shape index (κ2) is 11.5. The third-order valence-corrected chi connectivity index (χ3v) is 10.1. The Bertz CT molecular complexity index is 2650. The molecule has 1 aromatic heterocycles. The first-order valence-corrected chi connectivity index (χ1v) is 17.2. The lowest BCUT2D eigenvalue weighted by Crippen LogP contribution is -2.01. The zero-order chi connectivity index (χ0) is 33.0. The van der Waals surface area contributed by atoms with Gasteiger partial charge in [-0.25, -0.2) is 0 Å². The zero-order valence-electron chi connectivity index (χ0n) is 27.3. The van der Waals surface area contributed by atoms with Crippen molar-refractivity contribution in [3.05, 3.63) is 188 Å². The van der Waals surface area contributed by atoms with Gasteiger partial charge in [-0.15, -0.1) is 0 Å². The Morgan fingerprint density at radius 3 is 1.68 bits per heavy atom. The maximum atomic E-state index is 3.93. The van der Waals surface area contributed by atoms with E-state index < -0.39 is 0 Å². The zero-order valence-corrected chi connectivity index (χ0v) is 27.3. The van der Waals surface area contributed by atoms with Crippen molar-refractivity contribution in [1.29, 1.82) is 0 Å². The van der Waals surface area contributed by atoms with Gasteiger partial charge in [-0.2, -0.15) is 0 Å². The monoisotopic (exact) mass is 636 g/mol. The van der Waals surface area contributed by atoms with E-state index in [4.69, 9.17) is 0 Å². The van der Waals surface area contributed by atoms with Gasteiger partial charge in [-0.05, 0) is 57.5 Å². The third-order valence-electron chi connectivity index (χ3n) is 10.1. The van der Waals surface area contributed by atoms with Crippen molar-refractivity contribution in [2.75, 3.05) is 5.32 Å². The maximum Gasteiger partial charge on any atom is 0.0641 e. The molecule has 234 valence electrons. The van der Waals surface area contributed by atoms with Crippen molar-refractivity contribution in [3.63, 3.8) is 0 Å². The molecule has 50 heavy (non-hydrogen) atoms. The van der Waals surface area contributed by atoms with Gasteiger partial charge in [0.15, 0.2) is 0 Å². The summed E-state index contributed by atoms with van der Waals surface area (Å²) in [7, 11) is 0. The fraction of sp³-hybridized carbons (Fsp3) is 0. The molecule has 1 N–H and O–H groups in total. The van der Waals surface area contributed by atoms with Crippen LogP contribution in [0.2, 0.25) is 0 Å². The fourth-order valence-corrected chi connectivity index (χ4v) is 7.86. The summed E-state index contributed by atoms with van der Waals surface area (Å²) in [6.07, 6.45) is 0. The summed E-state index contributed by atoms with van der Waals surface area (Å²) in [6, 6.07) is 68.2. The normalized spacial score (nSPS) is 11.8. The molecule has 8 aromatic carbocycles. The molecular formula is C48H32N2. The van der Waals surface area contributed by atoms with E-state index in [0.717, 1.165) is 17.1 Å². The van der Waals surface area contributed by atoms with Crippen LogP contribution in [0.15, 0.2) is 188 Å². The highest BCUT2D eigenvalue weighted by Gasteiger charge is 2.29. The Balaban J connectivity index is 1.41. The highest BCUT2D eigenvalue weighted by molar-refractivity contribution is 6.17. The molecule has 0 saturated heterocycles. The molecule has 0 unspecified atom stereocenters. The number of para-hydroxylation sites is 2. The second-order valence-corrected chi connectivity index (χ2v) is 13.0. The van der Waals surface area contributed by atoms with Crippen LogP contribution in [-0.2, 0) is 0 Å². The van der Waals surface area contributed by atoms with E-state index in [1.54, 1.807) is 0 Å². The van der Waals surface area contributed by atoms with E-state index in [2.05, 4.69) is 198 Å². The Morgan fingerprint density at radius 1 is 0.380 bits per heavy atom. The molecule has 0 spiro atoms. The molecule has 0 fully saturated rings. The van der Waals surface area contributed by atoms with Crippen LogP contribution >= 0.6 is 0 Å². The Kier molecular flexibility index (Phi) is 6.53. The summed E-state index contributed by atoms with van der Waals surface area (Å²) in [5.74, 6) is 0. The molecule has 0 aliphatic carbocycles. The predicted octanol–water partition coefficient (Wildman–Crippen LogP) is 13.2. The minimum absolute atomic E-state index is 1.11. The van der Waals surface area contributed by atoms with E-state index in [1.165, 1.54) is 77.4 Å². The van der Waals surface area contributed by atoms with E-state index in [-0.39, 0.29) is 0 Å². The lowest BCUT2D eigenvalue weighted by Gasteiger charge is -2.19. The third kappa shape index (κ3) is 4.50. The molecule has 2 heteroatoms. The van der Waals surface area contributed by atoms with Gasteiger partial charge in [0.2, 0.25) is 0 Å². The van der Waals surface area contributed by atoms with Crippen LogP contribution in [0.3, 0.4) is 0 Å². The van der Waals surface area contributed by atoms with Crippen LogP contribution < -0.4 is 5.32 Å². The van der Waals surface area contributed by atoms with Crippen LogP contribution in [0, 0.1) is 0 Å². The number of nitrogens with one attached hydrogen (secondary N) is 1. The van der Waals surface area contributed by atoms with Crippen LogP contribution in [0.25, 0.3) is 83.1 Å². The van der Waals surface area contributed by atoms with E-state index >= 15 is 0 Å². The predicted molar refractivity (Wildman–Crippen MR) is 211 cm³/mol. The summed E-state index contributed by atoms with van der Waals surface area (Å²) in [5.41, 5.74) is 16.5. The number of benzene rings is 8. The van der Waals surface area contributed by atoms with Crippen molar-refractivity contribution in [2.45, 2.75) is 0 Å². The van der Waals surface area contributed by atoms with Gasteiger partial charge in [0, 0.05) is 44.4 Å². The quantitative estimate of drug-likeness (QED) is 0.203. The highest BCUT2D eigenvalue weighted by atomic mass is 15.0. The van der Waals surface area contributed by atoms with Crippen molar-refractivity contribution < 1.29 is 0 Å². The van der Waals surface area contributed by atoms with Crippen LogP contribution in [-0.4, -0.2) is 4.57 Å². The van der Waals surface area contributed by atoms with Crippen LogP contribution in [0.4, 0.5) is 11.4 Å². The smallest absolute Gasteiger partial charge is 0.0641 e. The molecule has 1 aliphatic rings. The Hall–Kier alpha value is -6.64. The van der Waals surface area contributed by atoms with Crippen LogP contribution in [0.1, 0.15) is 0 Å². The first-order chi connectivity index (χ1) is 24.8. The number of rotatable bonds is 4. The molecule has 0 amide bonds. The first-order valence-electron chi connectivity index (χ1n) is 17.2. The molecule has 2 heterocycles. The maximum absolute atomic E-state index is 3.93. The second-order valence-electron chi connectivity index (χ2n) is 13.0. The number of anilines is 2. The van der Waals surface area contributed by atoms with Gasteiger partial charge in [-0.3, -0.25) is 0 Å². The number of aromatic nitrogens is 1. The summed E-state index contributed by atoms with van der Waals surface area (Å²) in [6.45, 7) is 0. The van der Waals surface area contributed by atoms with Gasteiger partial charge < -0.3 is 9.88 Å². The average Bonchev–Trinajstić information content (AvgIpc) is 3.46. The summed E-state index contributed by atoms with van der Waals surface area (Å²) in [5, 5.41) is 7.57. The fourth-order valence-electron chi connectivity index (χ4n) is 7.86. The van der Waals surface area contributed by atoms with Gasteiger partial charge in [0.25, 0.3) is 0 Å². The molecule has 0 saturated carbocycles. The SMILES string of the molecule is c1ccc(-c2cc(-c3ccccc3)cc(-n3c4c(c5cccc(-c6ccccc6)c53)-c3ccccc3Nc3c-4ccc4ccccc34)c2)cc1. The molecule has 0 radical (unpaired) electrons. The largest absolute Gasteiger partial charge is 0.354 e. The lowest BCUT2D eigenvalue weighted by atomic mass is 9.95. The van der Waals surface area contributed by atoms with Crippen molar-refractivity contribution in [1.82, 2.24) is 4.57 Å². The summed E-state index contributed by atoms with van der Waals surface area (Å²) < 4.78 is 2.54. The molecular weight excluding hydrogens is 605 g/mol. The average molecular weight is 637 g/mol. The van der Waals surface area contributed by atoms with Gasteiger partial charge in [0.1, 0.15) is 0 Å². The number of hydrogen-bond donors (Lipinski definition) is 1. The highest BCUT2D eigenvalue weighted by Crippen LogP contribution is 2.53. The molecule has 10 rings (SSSR count). The van der Waals surface area contributed by atoms with Gasteiger partial charge in [0.05, 0.1) is 16.9 Å². The molecule has 2 nitrogen and oxygen atoms in total. The molecule has 0 bridgehead atoms. The van der Waals surface area contributed by atoms with Crippen molar-refractivity contribution >= 4 is 33.1 Å². The standard InChI is InChI=1S/C48H32N2/c1-4-15-32(16-5-1)36-29-37(33-17-6-2-7-18-33)31-38(30-36)50-47-40(34-19-8-3-9-20-34)24-14-25-42(47)45-41-23-12-13-26-44(41)49-46-39-22-11-10-21-35(39)27-28-43(46)48(45)50/h1-31,49H. The van der Waals surface area contributed by atoms with Crippen molar-refractivity contribution in [2.24, 2.45) is 0 Å². The number of fused-ring (bicyclic) bond motifs is 9. The molecule has 1 aliphatic heterocycles. The van der Waals surface area contributed by atoms with Crippen LogP contribution in [0.5, 0.6) is 0 Å². The minimum Gasteiger partial charge on any atom is -0.354 e. The van der Waals surface area contributed by atoms with Crippen molar-refractivity contribution in [3.8, 4) is 61.5 Å². The lowest BCUT2D eigenvalue weighted by molar-refractivity contribution is 1.14. The van der Waals surface area contributed by atoms with Gasteiger partial charge in [-0.1, -0.05) is 164 Å². The summed E-state index contributed by atoms with van der Waals surface area (Å²) >= 11 is 0. The van der Waals surface area contributed by atoms with E-state index in [1.807, 2.05) is 0 Å². The van der Waals surface area contributed by atoms with E-state index in [0.29, 0.717) is 0 Å². The molecule has 0 atom stereocenters. The topological polar surface area (TPSA) is 17.0 Å². The Labute approximate surface area is 291 Å². The minimum atomic E-state index is 1.11. The summed E-state index contributed by atoms with van der Waals surface area (Å²) in [4.78, 5) is 0. The Morgan fingerprint density at radius 2 is 0.960 bits per heavy atom. The van der Waals surface area contributed by atoms with Gasteiger partial charge >= 0.3 is 0 Å². The van der Waals surface area contributed by atoms with E-state index in [9.17, 15) is 0 Å². The molecule has 9 aromatic rings. The number of hydrogen-bond acceptors (Lipinski definition) is 1. The first kappa shape index (κ1) is 28.4. The number of nitrogens with zero attached hydrogens (tertiary/aromatic N) is 1.